The molecular formula is C10H9ClFNO5. The minimum atomic E-state index is -1.08. The van der Waals surface area contributed by atoms with E-state index in [1.165, 1.54) is 7.11 Å². The summed E-state index contributed by atoms with van der Waals surface area (Å²) in [5.41, 5.74) is -0.754. The van der Waals surface area contributed by atoms with Crippen molar-refractivity contribution in [3.05, 3.63) is 33.1 Å². The molecule has 0 aliphatic rings. The molecule has 0 amide bonds. The smallest absolute Gasteiger partial charge is 0.306 e. The number of benzene rings is 1. The maximum atomic E-state index is 13.3. The number of halogens is 2. The van der Waals surface area contributed by atoms with Gasteiger partial charge < -0.3 is 9.47 Å². The first kappa shape index (κ1) is 14.3. The maximum absolute atomic E-state index is 13.3. The van der Waals surface area contributed by atoms with E-state index in [1.807, 2.05) is 0 Å². The summed E-state index contributed by atoms with van der Waals surface area (Å²) in [7, 11) is 1.34. The molecule has 8 heteroatoms. The third kappa shape index (κ3) is 3.64. The molecule has 0 unspecified atom stereocenters. The van der Waals surface area contributed by atoms with Gasteiger partial charge in [0.15, 0.2) is 5.78 Å². The van der Waals surface area contributed by atoms with Crippen LogP contribution < -0.4 is 4.74 Å². The predicted octanol–water partition coefficient (Wildman–Crippen LogP) is 1.98. The van der Waals surface area contributed by atoms with Crippen LogP contribution in [-0.4, -0.2) is 31.0 Å². The highest BCUT2D eigenvalue weighted by atomic mass is 35.5. The first-order valence-corrected chi connectivity index (χ1v) is 5.10. The summed E-state index contributed by atoms with van der Waals surface area (Å²) in [6.45, 7) is -0.502. The largest absolute Gasteiger partial charge is 0.484 e. The molecule has 0 aromatic heterocycles. The Bertz CT molecular complexity index is 480. The van der Waals surface area contributed by atoms with Crippen LogP contribution in [0.25, 0.3) is 0 Å². The van der Waals surface area contributed by atoms with E-state index >= 15 is 0 Å². The topological polar surface area (TPSA) is 78.7 Å². The minimum absolute atomic E-state index is 0.135. The fourth-order valence-electron chi connectivity index (χ4n) is 1.13. The Morgan fingerprint density at radius 2 is 2.17 bits per heavy atom. The number of nitro benzene ring substituents is 1. The average molecular weight is 278 g/mol. The van der Waals surface area contributed by atoms with E-state index < -0.39 is 16.4 Å². The number of carbonyl (C=O) groups excluding carboxylic acids is 1. The quantitative estimate of drug-likeness (QED) is 0.587. The second kappa shape index (κ2) is 6.27. The number of nitrogens with zero attached hydrogens (tertiary/aromatic N) is 1. The van der Waals surface area contributed by atoms with Gasteiger partial charge in [0.25, 0.3) is 0 Å². The lowest BCUT2D eigenvalue weighted by molar-refractivity contribution is -0.387. The molecule has 0 fully saturated rings. The highest BCUT2D eigenvalue weighted by Gasteiger charge is 2.18. The van der Waals surface area contributed by atoms with Crippen LogP contribution in [0, 0.1) is 15.9 Å². The maximum Gasteiger partial charge on any atom is 0.306 e. The molecule has 0 heterocycles. The predicted molar refractivity (Wildman–Crippen MR) is 60.4 cm³/mol. The monoisotopic (exact) mass is 277 g/mol. The molecule has 0 bridgehead atoms. The molecule has 0 aliphatic carbocycles. The number of nitro groups is 1. The van der Waals surface area contributed by atoms with Gasteiger partial charge in [-0.1, -0.05) is 11.6 Å². The normalized spacial score (nSPS) is 10.2. The van der Waals surface area contributed by atoms with Crippen molar-refractivity contribution in [1.29, 1.82) is 0 Å². The van der Waals surface area contributed by atoms with Crippen LogP contribution in [0.4, 0.5) is 10.1 Å². The van der Waals surface area contributed by atoms with E-state index in [0.717, 1.165) is 12.1 Å². The van der Waals surface area contributed by atoms with Gasteiger partial charge in [0.2, 0.25) is 5.82 Å². The summed E-state index contributed by atoms with van der Waals surface area (Å²) < 4.78 is 22.8. The molecule has 18 heavy (non-hydrogen) atoms. The van der Waals surface area contributed by atoms with Gasteiger partial charge in [0.05, 0.1) is 9.95 Å². The van der Waals surface area contributed by atoms with Gasteiger partial charge in [-0.15, -0.1) is 0 Å². The Labute approximate surface area is 106 Å². The van der Waals surface area contributed by atoms with Crippen LogP contribution in [0.1, 0.15) is 0 Å². The van der Waals surface area contributed by atoms with Gasteiger partial charge >= 0.3 is 5.69 Å². The number of hydrogen-bond donors (Lipinski definition) is 0. The molecule has 0 N–H and O–H groups in total. The number of carbonyl (C=O) groups is 1. The SMILES string of the molecule is COCC(=O)COc1cc(F)c([N+](=O)[O-])cc1Cl. The summed E-state index contributed by atoms with van der Waals surface area (Å²) in [6.07, 6.45) is 0. The molecule has 6 nitrogen and oxygen atoms in total. The van der Waals surface area contributed by atoms with Crippen molar-refractivity contribution < 1.29 is 23.6 Å². The van der Waals surface area contributed by atoms with Crippen molar-refractivity contribution in [2.75, 3.05) is 20.3 Å². The zero-order chi connectivity index (χ0) is 13.7. The third-order valence-electron chi connectivity index (χ3n) is 1.89. The lowest BCUT2D eigenvalue weighted by Gasteiger charge is -2.07. The summed E-state index contributed by atoms with van der Waals surface area (Å²) >= 11 is 5.67. The van der Waals surface area contributed by atoms with Crippen LogP contribution in [0.3, 0.4) is 0 Å². The van der Waals surface area contributed by atoms with E-state index in [2.05, 4.69) is 4.74 Å². The Morgan fingerprint density at radius 1 is 1.50 bits per heavy atom. The average Bonchev–Trinajstić information content (AvgIpc) is 2.29. The molecule has 1 rings (SSSR count). The summed E-state index contributed by atoms with van der Waals surface area (Å²) in [4.78, 5) is 20.6. The highest BCUT2D eigenvalue weighted by molar-refractivity contribution is 6.32. The molecule has 0 spiro atoms. The van der Waals surface area contributed by atoms with Crippen LogP contribution in [0.2, 0.25) is 5.02 Å². The molecule has 1 aromatic carbocycles. The first-order valence-electron chi connectivity index (χ1n) is 4.72. The van der Waals surface area contributed by atoms with Crippen LogP contribution >= 0.6 is 11.6 Å². The zero-order valence-electron chi connectivity index (χ0n) is 9.31. The molecule has 0 aliphatic heterocycles. The number of ether oxygens (including phenoxy) is 2. The van der Waals surface area contributed by atoms with Crippen LogP contribution in [0.5, 0.6) is 5.75 Å². The molecule has 0 atom stereocenters. The van der Waals surface area contributed by atoms with E-state index in [1.54, 1.807) is 0 Å². The van der Waals surface area contributed by atoms with E-state index in [0.29, 0.717) is 0 Å². The molecule has 1 aromatic rings. The van der Waals surface area contributed by atoms with Gasteiger partial charge in [0, 0.05) is 19.2 Å². The Morgan fingerprint density at radius 3 is 2.72 bits per heavy atom. The Hall–Kier alpha value is -1.73. The van der Waals surface area contributed by atoms with E-state index in [4.69, 9.17) is 16.3 Å². The molecule has 98 valence electrons. The molecule has 0 saturated carbocycles. The number of methoxy groups -OCH3 is 1. The Kier molecular flexibility index (Phi) is 4.99. The van der Waals surface area contributed by atoms with Gasteiger partial charge in [-0.3, -0.25) is 14.9 Å². The van der Waals surface area contributed by atoms with Gasteiger partial charge in [-0.2, -0.15) is 4.39 Å². The van der Waals surface area contributed by atoms with Crippen molar-refractivity contribution in [2.45, 2.75) is 0 Å². The first-order chi connectivity index (χ1) is 8.45. The second-order valence-corrected chi connectivity index (χ2v) is 3.66. The lowest BCUT2D eigenvalue weighted by atomic mass is 10.3. The zero-order valence-corrected chi connectivity index (χ0v) is 10.1. The summed E-state index contributed by atoms with van der Waals surface area (Å²) in [5.74, 6) is -1.59. The van der Waals surface area contributed by atoms with Crippen molar-refractivity contribution in [2.24, 2.45) is 0 Å². The highest BCUT2D eigenvalue weighted by Crippen LogP contribution is 2.31. The van der Waals surface area contributed by atoms with Crippen LogP contribution in [0.15, 0.2) is 12.1 Å². The van der Waals surface area contributed by atoms with Crippen LogP contribution in [-0.2, 0) is 9.53 Å². The van der Waals surface area contributed by atoms with Crippen molar-refractivity contribution in [3.63, 3.8) is 0 Å². The minimum Gasteiger partial charge on any atom is -0.484 e. The van der Waals surface area contributed by atoms with Crippen molar-refractivity contribution in [1.82, 2.24) is 0 Å². The number of hydrogen-bond acceptors (Lipinski definition) is 5. The van der Waals surface area contributed by atoms with Crippen molar-refractivity contribution >= 4 is 23.1 Å². The fraction of sp³-hybridized carbons (Fsp3) is 0.300. The summed E-state index contributed by atoms with van der Waals surface area (Å²) in [6, 6.07) is 1.59. The van der Waals surface area contributed by atoms with Crippen molar-refractivity contribution in [3.8, 4) is 5.75 Å². The van der Waals surface area contributed by atoms with E-state index in [-0.39, 0.29) is 29.8 Å². The standard InChI is InChI=1S/C10H9ClFNO5/c1-17-4-6(14)5-18-10-3-8(12)9(13(15)16)2-7(10)11/h2-3H,4-5H2,1H3. The fourth-order valence-corrected chi connectivity index (χ4v) is 1.34. The number of ketones is 1. The Balaban J connectivity index is 2.82. The van der Waals surface area contributed by atoms with Gasteiger partial charge in [-0.25, -0.2) is 0 Å². The molecule has 0 radical (unpaired) electrons. The molecule has 0 saturated heterocycles. The lowest BCUT2D eigenvalue weighted by Crippen LogP contribution is -2.16. The number of Topliss-reactive ketones (excluding diaryl/α,β-unsaturated/α-hetero) is 1. The third-order valence-corrected chi connectivity index (χ3v) is 2.19. The molecular weight excluding hydrogens is 269 g/mol. The van der Waals surface area contributed by atoms with Gasteiger partial charge in [-0.05, 0) is 0 Å². The van der Waals surface area contributed by atoms with Gasteiger partial charge in [0.1, 0.15) is 19.0 Å². The second-order valence-electron chi connectivity index (χ2n) is 3.25. The van der Waals surface area contributed by atoms with E-state index in [9.17, 15) is 19.3 Å². The number of rotatable bonds is 6. The summed E-state index contributed by atoms with van der Waals surface area (Å²) in [5, 5.41) is 10.3.